The highest BCUT2D eigenvalue weighted by atomic mass is 16.5. The molecule has 0 amide bonds. The zero-order chi connectivity index (χ0) is 29.6. The van der Waals surface area contributed by atoms with Gasteiger partial charge in [0, 0.05) is 35.0 Å². The van der Waals surface area contributed by atoms with Crippen molar-refractivity contribution in [1.29, 1.82) is 0 Å². The molecule has 218 valence electrons. The highest BCUT2D eigenvalue weighted by Crippen LogP contribution is 2.33. The number of rotatable bonds is 10. The summed E-state index contributed by atoms with van der Waals surface area (Å²) in [5.74, 6) is 0.165. The third kappa shape index (κ3) is 6.45. The molecule has 5 rings (SSSR count). The number of likely N-dealkylation sites (tertiary alicyclic amines) is 1. The number of piperidine rings is 1. The molecule has 0 atom stereocenters. The van der Waals surface area contributed by atoms with Gasteiger partial charge in [-0.1, -0.05) is 30.3 Å². The lowest BCUT2D eigenvalue weighted by Gasteiger charge is -2.31. The van der Waals surface area contributed by atoms with E-state index in [4.69, 9.17) is 14.8 Å². The normalized spacial score (nSPS) is 14.8. The van der Waals surface area contributed by atoms with Gasteiger partial charge in [-0.15, -0.1) is 0 Å². The molecule has 4 aromatic rings. The van der Waals surface area contributed by atoms with Crippen LogP contribution in [0.5, 0.6) is 5.88 Å². The Labute approximate surface area is 245 Å². The van der Waals surface area contributed by atoms with Gasteiger partial charge in [-0.3, -0.25) is 4.79 Å². The van der Waals surface area contributed by atoms with E-state index in [-0.39, 0.29) is 18.3 Å². The minimum absolute atomic E-state index is 0.0528. The van der Waals surface area contributed by atoms with Crippen LogP contribution in [0, 0.1) is 12.8 Å². The van der Waals surface area contributed by atoms with E-state index >= 15 is 0 Å². The highest BCUT2D eigenvalue weighted by Gasteiger charge is 2.22. The van der Waals surface area contributed by atoms with Gasteiger partial charge in [0.15, 0.2) is 11.7 Å². The van der Waals surface area contributed by atoms with E-state index in [0.717, 1.165) is 55.4 Å². The molecule has 0 saturated carbocycles. The van der Waals surface area contributed by atoms with Crippen molar-refractivity contribution >= 4 is 34.1 Å². The van der Waals surface area contributed by atoms with E-state index in [1.54, 1.807) is 6.07 Å². The Balaban J connectivity index is 1.39. The molecule has 0 radical (unpaired) electrons. The Hall–Kier alpha value is -4.27. The van der Waals surface area contributed by atoms with Gasteiger partial charge in [-0.25, -0.2) is 9.79 Å². The second-order valence-corrected chi connectivity index (χ2v) is 10.9. The number of nitrogens with one attached hydrogen (secondary N) is 1. The van der Waals surface area contributed by atoms with E-state index in [2.05, 4.69) is 9.88 Å². The SMILES string of the molecule is COC(=O)c1cc2[nH]c(O)c(C(=Nc3ccc(C(=O)CCC4CCN(CCO)CC4)cc3)c3ccccc3)c2cc1C. The number of aliphatic hydroxyl groups is 1. The molecular weight excluding hydrogens is 530 g/mol. The molecule has 0 unspecified atom stereocenters. The quantitative estimate of drug-likeness (QED) is 0.127. The number of esters is 1. The second-order valence-electron chi connectivity index (χ2n) is 10.9. The number of ether oxygens (including phenoxy) is 1. The third-order valence-electron chi connectivity index (χ3n) is 8.15. The first-order chi connectivity index (χ1) is 20.4. The molecule has 0 aliphatic carbocycles. The molecule has 42 heavy (non-hydrogen) atoms. The molecular formula is C34H37N3O5. The van der Waals surface area contributed by atoms with Gasteiger partial charge in [-0.2, -0.15) is 0 Å². The summed E-state index contributed by atoms with van der Waals surface area (Å²) in [6.07, 6.45) is 3.51. The number of methoxy groups -OCH3 is 1. The molecule has 3 aromatic carbocycles. The van der Waals surface area contributed by atoms with Crippen LogP contribution in [0.25, 0.3) is 10.9 Å². The summed E-state index contributed by atoms with van der Waals surface area (Å²) in [6, 6.07) is 20.4. The number of carbonyl (C=O) groups is 2. The van der Waals surface area contributed by atoms with Crippen LogP contribution >= 0.6 is 0 Å². The Morgan fingerprint density at radius 3 is 2.40 bits per heavy atom. The van der Waals surface area contributed by atoms with Crippen molar-refractivity contribution in [2.75, 3.05) is 33.4 Å². The molecule has 0 spiro atoms. The lowest BCUT2D eigenvalue weighted by molar-refractivity contribution is 0.0600. The fraction of sp³-hybridized carbons (Fsp3) is 0.324. The topological polar surface area (TPSA) is 115 Å². The maximum Gasteiger partial charge on any atom is 0.338 e. The van der Waals surface area contributed by atoms with Crippen LogP contribution < -0.4 is 0 Å². The lowest BCUT2D eigenvalue weighted by Crippen LogP contribution is -2.35. The lowest BCUT2D eigenvalue weighted by atomic mass is 9.90. The van der Waals surface area contributed by atoms with Gasteiger partial charge in [0.05, 0.1) is 36.2 Å². The van der Waals surface area contributed by atoms with Gasteiger partial charge in [0.2, 0.25) is 0 Å². The first-order valence-electron chi connectivity index (χ1n) is 14.4. The number of aliphatic imine (C=N–C) groups is 1. The molecule has 1 aliphatic heterocycles. The van der Waals surface area contributed by atoms with Crippen molar-refractivity contribution in [3.63, 3.8) is 0 Å². The van der Waals surface area contributed by atoms with Crippen LogP contribution in [-0.4, -0.2) is 70.9 Å². The fourth-order valence-corrected chi connectivity index (χ4v) is 5.74. The summed E-state index contributed by atoms with van der Waals surface area (Å²) in [6.45, 7) is 4.70. The number of aliphatic hydroxyl groups excluding tert-OH is 1. The standard InChI is InChI=1S/C34H37N3O5/c1-22-20-28-29(21-27(22)34(41)42-2)36-33(40)31(28)32(25-6-4-3-5-7-25)35-26-11-9-24(10-12-26)30(39)13-8-23-14-16-37(17-15-23)18-19-38/h3-7,9-12,20-21,23,36,38,40H,8,13-19H2,1-2H3. The van der Waals surface area contributed by atoms with Crippen LogP contribution in [0.2, 0.25) is 0 Å². The number of β-amino-alcohol motifs (C(OH)–C–C–N with tert-alkyl or cyclic N) is 1. The number of ketones is 1. The van der Waals surface area contributed by atoms with E-state index < -0.39 is 5.97 Å². The van der Waals surface area contributed by atoms with Gasteiger partial charge < -0.3 is 24.8 Å². The molecule has 8 nitrogen and oxygen atoms in total. The van der Waals surface area contributed by atoms with E-state index in [1.807, 2.05) is 67.6 Å². The number of aromatic nitrogens is 1. The molecule has 3 N–H and O–H groups in total. The number of hydrogen-bond acceptors (Lipinski definition) is 7. The number of Topliss-reactive ketones (excluding diaryl/α,β-unsaturated/α-hetero) is 1. The Bertz CT molecular complexity index is 1580. The van der Waals surface area contributed by atoms with E-state index in [0.29, 0.717) is 45.9 Å². The van der Waals surface area contributed by atoms with Crippen molar-refractivity contribution in [3.05, 3.63) is 94.5 Å². The predicted molar refractivity (Wildman–Crippen MR) is 164 cm³/mol. The minimum atomic E-state index is -0.444. The zero-order valence-electron chi connectivity index (χ0n) is 24.1. The Kier molecular flexibility index (Phi) is 9.15. The minimum Gasteiger partial charge on any atom is -0.494 e. The molecule has 8 heteroatoms. The van der Waals surface area contributed by atoms with Crippen molar-refractivity contribution in [1.82, 2.24) is 9.88 Å². The summed E-state index contributed by atoms with van der Waals surface area (Å²) in [5.41, 5.74) is 4.96. The number of nitrogens with zero attached hydrogens (tertiary/aromatic N) is 2. The number of aromatic amines is 1. The van der Waals surface area contributed by atoms with Gasteiger partial charge in [0.25, 0.3) is 0 Å². The fourth-order valence-electron chi connectivity index (χ4n) is 5.74. The van der Waals surface area contributed by atoms with Crippen molar-refractivity contribution < 1.29 is 24.5 Å². The first-order valence-corrected chi connectivity index (χ1v) is 14.4. The predicted octanol–water partition coefficient (Wildman–Crippen LogP) is 5.80. The molecule has 1 aliphatic rings. The average Bonchev–Trinajstić information content (AvgIpc) is 3.33. The van der Waals surface area contributed by atoms with Crippen LogP contribution in [0.1, 0.15) is 63.1 Å². The number of H-pyrrole nitrogens is 1. The van der Waals surface area contributed by atoms with Crippen LogP contribution in [0.4, 0.5) is 5.69 Å². The van der Waals surface area contributed by atoms with Crippen molar-refractivity contribution in [2.24, 2.45) is 10.9 Å². The molecule has 2 heterocycles. The maximum absolute atomic E-state index is 13.0. The van der Waals surface area contributed by atoms with Gasteiger partial charge in [0.1, 0.15) is 0 Å². The van der Waals surface area contributed by atoms with E-state index in [9.17, 15) is 14.7 Å². The van der Waals surface area contributed by atoms with Gasteiger partial charge in [-0.05, 0) is 87.2 Å². The van der Waals surface area contributed by atoms with Crippen molar-refractivity contribution in [3.8, 4) is 5.88 Å². The highest BCUT2D eigenvalue weighted by molar-refractivity contribution is 6.22. The third-order valence-corrected chi connectivity index (χ3v) is 8.15. The molecule has 1 aromatic heterocycles. The van der Waals surface area contributed by atoms with Crippen LogP contribution in [-0.2, 0) is 4.74 Å². The summed E-state index contributed by atoms with van der Waals surface area (Å²) in [4.78, 5) is 35.4. The molecule has 0 bridgehead atoms. The van der Waals surface area contributed by atoms with Gasteiger partial charge >= 0.3 is 5.97 Å². The Morgan fingerprint density at radius 2 is 1.74 bits per heavy atom. The van der Waals surface area contributed by atoms with Crippen molar-refractivity contribution in [2.45, 2.75) is 32.6 Å². The smallest absolute Gasteiger partial charge is 0.338 e. The largest absolute Gasteiger partial charge is 0.494 e. The number of carbonyl (C=O) groups excluding carboxylic acids is 2. The number of aromatic hydroxyl groups is 1. The van der Waals surface area contributed by atoms with Crippen LogP contribution in [0.3, 0.4) is 0 Å². The monoisotopic (exact) mass is 567 g/mol. The number of aryl methyl sites for hydroxylation is 1. The number of hydrogen-bond donors (Lipinski definition) is 3. The van der Waals surface area contributed by atoms with Crippen LogP contribution in [0.15, 0.2) is 71.7 Å². The molecule has 1 fully saturated rings. The zero-order valence-corrected chi connectivity index (χ0v) is 24.1. The average molecular weight is 568 g/mol. The summed E-state index contributed by atoms with van der Waals surface area (Å²) >= 11 is 0. The molecule has 1 saturated heterocycles. The summed E-state index contributed by atoms with van der Waals surface area (Å²) in [7, 11) is 1.34. The van der Waals surface area contributed by atoms with E-state index in [1.165, 1.54) is 7.11 Å². The second kappa shape index (κ2) is 13.1. The maximum atomic E-state index is 13.0. The first kappa shape index (κ1) is 29.2. The number of benzene rings is 3. The summed E-state index contributed by atoms with van der Waals surface area (Å²) in [5, 5.41) is 20.9. The number of fused-ring (bicyclic) bond motifs is 1. The Morgan fingerprint density at radius 1 is 1.02 bits per heavy atom. The summed E-state index contributed by atoms with van der Waals surface area (Å²) < 4.78 is 4.91.